The highest BCUT2D eigenvalue weighted by atomic mass is 32.1. The lowest BCUT2D eigenvalue weighted by atomic mass is 9.78. The van der Waals surface area contributed by atoms with Gasteiger partial charge in [0.2, 0.25) is 17.1 Å². The number of hydrogen-bond acceptors (Lipinski definition) is 5. The molecule has 8 heteroatoms. The standard InChI is InChI=1S/C17H19N3O4S/c1-8-6-25-12-5-18(7-19(8)12)4-11-9(2)14-13(10(3)21)16(22)20(14)15(11)17(23)24/h5-7,9-10,13-14,21H,4H2,1-3H3/t9-,10+,13+,14-/m0/s1. The number of fused-ring (bicyclic) bond motifs is 2. The number of thiazole rings is 1. The lowest BCUT2D eigenvalue weighted by Gasteiger charge is -2.47. The van der Waals surface area contributed by atoms with E-state index in [1.54, 1.807) is 18.3 Å². The van der Waals surface area contributed by atoms with Crippen LogP contribution in [0.5, 0.6) is 0 Å². The molecule has 0 saturated carbocycles. The third kappa shape index (κ3) is 2.17. The number of aromatic nitrogens is 2. The molecule has 1 amide bonds. The van der Waals surface area contributed by atoms with Gasteiger partial charge in [-0.05, 0) is 13.8 Å². The molecule has 2 aliphatic heterocycles. The van der Waals surface area contributed by atoms with Gasteiger partial charge in [-0.1, -0.05) is 18.3 Å². The zero-order chi connectivity index (χ0) is 18.0. The van der Waals surface area contributed by atoms with Gasteiger partial charge in [-0.3, -0.25) is 4.79 Å². The van der Waals surface area contributed by atoms with Crippen molar-refractivity contribution in [3.63, 3.8) is 0 Å². The summed E-state index contributed by atoms with van der Waals surface area (Å²) in [5.74, 6) is -2.36. The number of aryl methyl sites for hydroxylation is 1. The number of aliphatic carboxylic acids is 1. The number of carboxylic acid groups (broad SMARTS) is 1. The monoisotopic (exact) mass is 361 g/mol. The van der Waals surface area contributed by atoms with Crippen LogP contribution in [0, 0.1) is 18.8 Å². The van der Waals surface area contributed by atoms with Gasteiger partial charge in [0.15, 0.2) is 0 Å². The molecular formula is C17H19N3O4S. The number of amides is 1. The van der Waals surface area contributed by atoms with Crippen molar-refractivity contribution in [3.8, 4) is 0 Å². The average molecular weight is 361 g/mol. The van der Waals surface area contributed by atoms with Crippen molar-refractivity contribution in [3.05, 3.63) is 34.9 Å². The molecule has 7 nitrogen and oxygen atoms in total. The molecule has 132 valence electrons. The summed E-state index contributed by atoms with van der Waals surface area (Å²) >= 11 is 1.62. The van der Waals surface area contributed by atoms with E-state index in [9.17, 15) is 19.8 Å². The summed E-state index contributed by atoms with van der Waals surface area (Å²) in [6.07, 6.45) is 3.10. The predicted molar refractivity (Wildman–Crippen MR) is 87.2 cm³/mol. The van der Waals surface area contributed by atoms with Gasteiger partial charge < -0.3 is 19.9 Å². The van der Waals surface area contributed by atoms with E-state index in [0.717, 1.165) is 10.5 Å². The number of aliphatic hydroxyl groups is 1. The van der Waals surface area contributed by atoms with Gasteiger partial charge in [0.25, 0.3) is 0 Å². The molecular weight excluding hydrogens is 342 g/mol. The number of imidazole rings is 1. The molecule has 25 heavy (non-hydrogen) atoms. The third-order valence-corrected chi connectivity index (χ3v) is 6.37. The SMILES string of the molecule is Cc1csc2c[n+](CC3=C(C(=O)[O-])N4C(=O)[C@H]([C@@H](C)O)[C@@H]4[C@H]3C)cn12. The fourth-order valence-corrected chi connectivity index (χ4v) is 5.03. The first kappa shape index (κ1) is 16.3. The van der Waals surface area contributed by atoms with Crippen LogP contribution in [0.4, 0.5) is 0 Å². The minimum atomic E-state index is -1.33. The molecule has 0 aliphatic carbocycles. The second-order valence-electron chi connectivity index (χ2n) is 6.92. The Balaban J connectivity index is 1.72. The van der Waals surface area contributed by atoms with Crippen LogP contribution in [0.3, 0.4) is 0 Å². The number of carbonyl (C=O) groups excluding carboxylic acids is 2. The van der Waals surface area contributed by atoms with E-state index >= 15 is 0 Å². The number of carbonyl (C=O) groups is 2. The Morgan fingerprint density at radius 1 is 1.52 bits per heavy atom. The summed E-state index contributed by atoms with van der Waals surface area (Å²) in [4.78, 5) is 26.4. The molecule has 0 bridgehead atoms. The third-order valence-electron chi connectivity index (χ3n) is 5.37. The van der Waals surface area contributed by atoms with Crippen LogP contribution in [-0.4, -0.2) is 38.4 Å². The maximum atomic E-state index is 12.3. The van der Waals surface area contributed by atoms with E-state index in [4.69, 9.17) is 0 Å². The Kier molecular flexibility index (Phi) is 3.52. The predicted octanol–water partition coefficient (Wildman–Crippen LogP) is -0.542. The quantitative estimate of drug-likeness (QED) is 0.585. The lowest BCUT2D eigenvalue weighted by Crippen LogP contribution is -2.64. The van der Waals surface area contributed by atoms with Crippen LogP contribution in [0.2, 0.25) is 0 Å². The molecule has 0 aromatic carbocycles. The van der Waals surface area contributed by atoms with Crippen molar-refractivity contribution >= 4 is 28.0 Å². The van der Waals surface area contributed by atoms with Crippen LogP contribution in [0.25, 0.3) is 4.83 Å². The normalized spacial score (nSPS) is 27.0. The van der Waals surface area contributed by atoms with Crippen molar-refractivity contribution in [2.45, 2.75) is 39.5 Å². The molecule has 1 N–H and O–H groups in total. The minimum Gasteiger partial charge on any atom is -0.543 e. The number of carboxylic acids is 1. The molecule has 4 rings (SSSR count). The smallest absolute Gasteiger partial charge is 0.250 e. The van der Waals surface area contributed by atoms with Gasteiger partial charge in [0.05, 0.1) is 29.7 Å². The van der Waals surface area contributed by atoms with Crippen LogP contribution in [-0.2, 0) is 16.1 Å². The summed E-state index contributed by atoms with van der Waals surface area (Å²) in [5, 5.41) is 23.6. The van der Waals surface area contributed by atoms with E-state index in [2.05, 4.69) is 5.38 Å². The Hall–Kier alpha value is -2.19. The van der Waals surface area contributed by atoms with Crippen LogP contribution >= 0.6 is 11.3 Å². The highest BCUT2D eigenvalue weighted by Gasteiger charge is 2.58. The van der Waals surface area contributed by atoms with E-state index in [1.807, 2.05) is 35.3 Å². The van der Waals surface area contributed by atoms with Crippen LogP contribution in [0.15, 0.2) is 29.2 Å². The molecule has 2 aliphatic rings. The van der Waals surface area contributed by atoms with Gasteiger partial charge >= 0.3 is 0 Å². The summed E-state index contributed by atoms with van der Waals surface area (Å²) in [7, 11) is 0. The van der Waals surface area contributed by atoms with Gasteiger partial charge in [-0.15, -0.1) is 0 Å². The lowest BCUT2D eigenvalue weighted by molar-refractivity contribution is -0.688. The molecule has 1 saturated heterocycles. The molecule has 4 atom stereocenters. The number of rotatable bonds is 4. The number of β-lactam (4-membered cyclic amide) rings is 1. The van der Waals surface area contributed by atoms with Crippen molar-refractivity contribution < 1.29 is 24.4 Å². The summed E-state index contributed by atoms with van der Waals surface area (Å²) in [5.41, 5.74) is 1.75. The van der Waals surface area contributed by atoms with E-state index < -0.39 is 18.0 Å². The maximum absolute atomic E-state index is 12.3. The molecule has 2 aromatic rings. The van der Waals surface area contributed by atoms with Crippen LogP contribution < -0.4 is 9.67 Å². The highest BCUT2D eigenvalue weighted by molar-refractivity contribution is 7.15. The van der Waals surface area contributed by atoms with Gasteiger partial charge in [0, 0.05) is 16.9 Å². The number of nitrogens with zero attached hydrogens (tertiary/aromatic N) is 3. The topological polar surface area (TPSA) is 89.0 Å². The maximum Gasteiger partial charge on any atom is 0.250 e. The van der Waals surface area contributed by atoms with E-state index in [1.165, 1.54) is 4.90 Å². The van der Waals surface area contributed by atoms with Gasteiger partial charge in [-0.2, -0.15) is 4.40 Å². The molecule has 2 aromatic heterocycles. The Morgan fingerprint density at radius 2 is 2.24 bits per heavy atom. The first-order valence-corrected chi connectivity index (χ1v) is 9.10. The van der Waals surface area contributed by atoms with E-state index in [-0.39, 0.29) is 23.6 Å². The Labute approximate surface area is 148 Å². The fourth-order valence-electron chi connectivity index (χ4n) is 4.12. The zero-order valence-electron chi connectivity index (χ0n) is 14.2. The molecule has 1 fully saturated rings. The van der Waals surface area contributed by atoms with Gasteiger partial charge in [0.1, 0.15) is 18.4 Å². The van der Waals surface area contributed by atoms with Crippen LogP contribution in [0.1, 0.15) is 19.5 Å². The first-order chi connectivity index (χ1) is 11.8. The van der Waals surface area contributed by atoms with Crippen molar-refractivity contribution in [2.75, 3.05) is 0 Å². The minimum absolute atomic E-state index is 0.0295. The summed E-state index contributed by atoms with van der Waals surface area (Å²) in [6.45, 7) is 5.87. The van der Waals surface area contributed by atoms with Crippen molar-refractivity contribution in [1.29, 1.82) is 0 Å². The number of aliphatic hydroxyl groups excluding tert-OH is 1. The summed E-state index contributed by atoms with van der Waals surface area (Å²) < 4.78 is 3.98. The van der Waals surface area contributed by atoms with Gasteiger partial charge in [-0.25, -0.2) is 4.57 Å². The Bertz CT molecular complexity index is 926. The van der Waals surface area contributed by atoms with E-state index in [0.29, 0.717) is 12.1 Å². The molecule has 0 unspecified atom stereocenters. The molecule has 4 heterocycles. The largest absolute Gasteiger partial charge is 0.543 e. The summed E-state index contributed by atoms with van der Waals surface area (Å²) in [6, 6.07) is -0.304. The average Bonchev–Trinajstić information content (AvgIpc) is 3.14. The fraction of sp³-hybridized carbons (Fsp3) is 0.471. The van der Waals surface area contributed by atoms with Crippen molar-refractivity contribution in [2.24, 2.45) is 11.8 Å². The second-order valence-corrected chi connectivity index (χ2v) is 7.81. The second kappa shape index (κ2) is 5.40. The zero-order valence-corrected chi connectivity index (χ0v) is 15.0. The Morgan fingerprint density at radius 3 is 2.84 bits per heavy atom. The van der Waals surface area contributed by atoms with Crippen molar-refractivity contribution in [1.82, 2.24) is 9.30 Å². The first-order valence-electron chi connectivity index (χ1n) is 8.22. The highest BCUT2D eigenvalue weighted by Crippen LogP contribution is 2.46. The molecule has 0 radical (unpaired) electrons. The molecule has 0 spiro atoms. The number of hydrogen-bond donors (Lipinski definition) is 1.